The van der Waals surface area contributed by atoms with Crippen molar-refractivity contribution in [2.45, 2.75) is 52.6 Å². The molecule has 0 aliphatic carbocycles. The van der Waals surface area contributed by atoms with Crippen LogP contribution in [0.4, 0.5) is 29.3 Å². The monoisotopic (exact) mass is 394 g/mol. The van der Waals surface area contributed by atoms with E-state index in [9.17, 15) is 18.0 Å². The van der Waals surface area contributed by atoms with Gasteiger partial charge in [-0.3, -0.25) is 5.32 Å². The molecule has 2 aromatic carbocycles. The molecule has 0 saturated carbocycles. The van der Waals surface area contributed by atoms with Crippen LogP contribution in [0, 0.1) is 0 Å². The fourth-order valence-electron chi connectivity index (χ4n) is 3.06. The topological polar surface area (TPSA) is 41.6 Å². The van der Waals surface area contributed by atoms with Crippen molar-refractivity contribution < 1.29 is 22.7 Å². The molecule has 0 bridgehead atoms. The van der Waals surface area contributed by atoms with Crippen LogP contribution in [-0.2, 0) is 17.5 Å². The Hall–Kier alpha value is -2.70. The third-order valence-electron chi connectivity index (χ3n) is 4.16. The van der Waals surface area contributed by atoms with E-state index in [-0.39, 0.29) is 24.4 Å². The van der Waals surface area contributed by atoms with Gasteiger partial charge in [0.2, 0.25) is 0 Å². The van der Waals surface area contributed by atoms with E-state index in [1.54, 1.807) is 12.1 Å². The highest BCUT2D eigenvalue weighted by molar-refractivity contribution is 5.90. The van der Waals surface area contributed by atoms with E-state index >= 15 is 0 Å². The second-order valence-electron chi connectivity index (χ2n) is 7.01. The van der Waals surface area contributed by atoms with Crippen molar-refractivity contribution in [3.63, 3.8) is 0 Å². The van der Waals surface area contributed by atoms with Gasteiger partial charge in [-0.05, 0) is 51.5 Å². The molecule has 2 rings (SSSR count). The van der Waals surface area contributed by atoms with Gasteiger partial charge in [0.15, 0.2) is 0 Å². The molecule has 0 heterocycles. The van der Waals surface area contributed by atoms with Gasteiger partial charge < -0.3 is 9.64 Å². The SMILES string of the molecule is CC(C)N(c1ccc(C(F)(F)F)cc1NC(=O)OCc1ccccc1)C(C)C. The number of benzene rings is 2. The van der Waals surface area contributed by atoms with Crippen LogP contribution in [-0.4, -0.2) is 18.2 Å². The van der Waals surface area contributed by atoms with Gasteiger partial charge in [0.1, 0.15) is 6.61 Å². The predicted octanol–water partition coefficient (Wildman–Crippen LogP) is 6.08. The number of amides is 1. The van der Waals surface area contributed by atoms with Gasteiger partial charge >= 0.3 is 12.3 Å². The Morgan fingerprint density at radius 3 is 2.18 bits per heavy atom. The van der Waals surface area contributed by atoms with Gasteiger partial charge in [0.05, 0.1) is 16.9 Å². The summed E-state index contributed by atoms with van der Waals surface area (Å²) in [4.78, 5) is 14.2. The average Bonchev–Trinajstić information content (AvgIpc) is 2.60. The zero-order valence-electron chi connectivity index (χ0n) is 16.4. The van der Waals surface area contributed by atoms with Gasteiger partial charge in [0.25, 0.3) is 0 Å². The number of carbonyl (C=O) groups excluding carboxylic acids is 1. The van der Waals surface area contributed by atoms with Gasteiger partial charge in [-0.1, -0.05) is 30.3 Å². The molecule has 0 unspecified atom stereocenters. The maximum Gasteiger partial charge on any atom is 0.416 e. The maximum atomic E-state index is 13.2. The first kappa shape index (κ1) is 21.6. The number of carbonyl (C=O) groups is 1. The Balaban J connectivity index is 2.29. The number of ether oxygens (including phenoxy) is 1. The molecule has 0 fully saturated rings. The summed E-state index contributed by atoms with van der Waals surface area (Å²) in [5.41, 5.74) is 0.528. The number of anilines is 2. The summed E-state index contributed by atoms with van der Waals surface area (Å²) in [5, 5.41) is 2.48. The number of nitrogens with zero attached hydrogens (tertiary/aromatic N) is 1. The lowest BCUT2D eigenvalue weighted by Crippen LogP contribution is -2.37. The van der Waals surface area contributed by atoms with Crippen molar-refractivity contribution in [2.75, 3.05) is 10.2 Å². The first-order valence-electron chi connectivity index (χ1n) is 9.07. The zero-order valence-corrected chi connectivity index (χ0v) is 16.4. The number of rotatable bonds is 6. The molecule has 7 heteroatoms. The second-order valence-corrected chi connectivity index (χ2v) is 7.01. The van der Waals surface area contributed by atoms with Crippen molar-refractivity contribution >= 4 is 17.5 Å². The van der Waals surface area contributed by atoms with E-state index in [0.29, 0.717) is 5.69 Å². The van der Waals surface area contributed by atoms with Crippen LogP contribution < -0.4 is 10.2 Å². The molecule has 1 amide bonds. The minimum atomic E-state index is -4.51. The van der Waals surface area contributed by atoms with E-state index in [2.05, 4.69) is 5.32 Å². The standard InChI is InChI=1S/C21H25F3N2O2/c1-14(2)26(15(3)4)19-11-10-17(21(22,23)24)12-18(19)25-20(27)28-13-16-8-6-5-7-9-16/h5-12,14-15H,13H2,1-4H3,(H,25,27). The van der Waals surface area contributed by atoms with Crippen molar-refractivity contribution in [3.05, 3.63) is 59.7 Å². The highest BCUT2D eigenvalue weighted by atomic mass is 19.4. The molecule has 1 N–H and O–H groups in total. The molecular weight excluding hydrogens is 369 g/mol. The molecular formula is C21H25F3N2O2. The van der Waals surface area contributed by atoms with Crippen LogP contribution in [0.5, 0.6) is 0 Å². The van der Waals surface area contributed by atoms with Gasteiger partial charge in [-0.2, -0.15) is 13.2 Å². The Labute approximate surface area is 163 Å². The lowest BCUT2D eigenvalue weighted by Gasteiger charge is -2.34. The largest absolute Gasteiger partial charge is 0.444 e. The average molecular weight is 394 g/mol. The van der Waals surface area contributed by atoms with E-state index in [1.807, 2.05) is 50.8 Å². The molecule has 152 valence electrons. The minimum Gasteiger partial charge on any atom is -0.444 e. The van der Waals surface area contributed by atoms with E-state index in [1.165, 1.54) is 6.07 Å². The highest BCUT2D eigenvalue weighted by Gasteiger charge is 2.32. The van der Waals surface area contributed by atoms with Gasteiger partial charge in [0, 0.05) is 12.1 Å². The van der Waals surface area contributed by atoms with Crippen LogP contribution in [0.15, 0.2) is 48.5 Å². The maximum absolute atomic E-state index is 13.2. The summed E-state index contributed by atoms with van der Waals surface area (Å²) in [6, 6.07) is 12.4. The number of hydrogen-bond donors (Lipinski definition) is 1. The Morgan fingerprint density at radius 2 is 1.64 bits per heavy atom. The summed E-state index contributed by atoms with van der Waals surface area (Å²) >= 11 is 0. The summed E-state index contributed by atoms with van der Waals surface area (Å²) in [6.45, 7) is 7.79. The van der Waals surface area contributed by atoms with Crippen LogP contribution in [0.2, 0.25) is 0 Å². The molecule has 0 aromatic heterocycles. The number of hydrogen-bond acceptors (Lipinski definition) is 3. The summed E-state index contributed by atoms with van der Waals surface area (Å²) in [6.07, 6.45) is -5.32. The minimum absolute atomic E-state index is 0.0256. The lowest BCUT2D eigenvalue weighted by atomic mass is 10.1. The fraction of sp³-hybridized carbons (Fsp3) is 0.381. The highest BCUT2D eigenvalue weighted by Crippen LogP contribution is 2.36. The zero-order chi connectivity index (χ0) is 20.9. The van der Waals surface area contributed by atoms with E-state index < -0.39 is 17.8 Å². The van der Waals surface area contributed by atoms with Crippen molar-refractivity contribution in [1.82, 2.24) is 0 Å². The first-order chi connectivity index (χ1) is 13.1. The van der Waals surface area contributed by atoms with E-state index in [4.69, 9.17) is 4.74 Å². The third-order valence-corrected chi connectivity index (χ3v) is 4.16. The lowest BCUT2D eigenvalue weighted by molar-refractivity contribution is -0.137. The molecule has 28 heavy (non-hydrogen) atoms. The number of nitrogens with one attached hydrogen (secondary N) is 1. The van der Waals surface area contributed by atoms with Crippen molar-refractivity contribution in [2.24, 2.45) is 0 Å². The molecule has 0 saturated heterocycles. The van der Waals surface area contributed by atoms with Crippen molar-refractivity contribution in [1.29, 1.82) is 0 Å². The van der Waals surface area contributed by atoms with Gasteiger partial charge in [-0.15, -0.1) is 0 Å². The molecule has 0 aliphatic rings. The number of halogens is 3. The molecule has 0 spiro atoms. The first-order valence-corrected chi connectivity index (χ1v) is 9.07. The van der Waals surface area contributed by atoms with Crippen LogP contribution in [0.25, 0.3) is 0 Å². The molecule has 0 radical (unpaired) electrons. The van der Waals surface area contributed by atoms with Crippen LogP contribution in [0.3, 0.4) is 0 Å². The Bertz CT molecular complexity index is 782. The predicted molar refractivity (Wildman–Crippen MR) is 104 cm³/mol. The summed E-state index contributed by atoms with van der Waals surface area (Å²) in [5.74, 6) is 0. The van der Waals surface area contributed by atoms with Crippen LogP contribution in [0.1, 0.15) is 38.8 Å². The molecule has 2 aromatic rings. The second kappa shape index (κ2) is 8.99. The molecule has 0 aliphatic heterocycles. The Kier molecular flexibility index (Phi) is 6.94. The Morgan fingerprint density at radius 1 is 1.04 bits per heavy atom. The van der Waals surface area contributed by atoms with Crippen LogP contribution >= 0.6 is 0 Å². The number of alkyl halides is 3. The normalized spacial score (nSPS) is 11.6. The molecule has 4 nitrogen and oxygen atoms in total. The van der Waals surface area contributed by atoms with Crippen molar-refractivity contribution in [3.8, 4) is 0 Å². The smallest absolute Gasteiger partial charge is 0.416 e. The molecule has 0 atom stereocenters. The fourth-order valence-corrected chi connectivity index (χ4v) is 3.06. The van der Waals surface area contributed by atoms with Gasteiger partial charge in [-0.25, -0.2) is 4.79 Å². The van der Waals surface area contributed by atoms with E-state index in [0.717, 1.165) is 17.7 Å². The quantitative estimate of drug-likeness (QED) is 0.646. The summed E-state index contributed by atoms with van der Waals surface area (Å²) < 4.78 is 44.7. The summed E-state index contributed by atoms with van der Waals surface area (Å²) in [7, 11) is 0. The third kappa shape index (κ3) is 5.65.